The number of para-hydroxylation sites is 2. The molecule has 6 heteroatoms. The lowest BCUT2D eigenvalue weighted by molar-refractivity contribution is 1.08. The first kappa shape index (κ1) is 16.3. The van der Waals surface area contributed by atoms with Crippen LogP contribution in [0, 0.1) is 0 Å². The zero-order valence-electron chi connectivity index (χ0n) is 14.4. The van der Waals surface area contributed by atoms with Crippen LogP contribution in [0.4, 0.5) is 0 Å². The summed E-state index contributed by atoms with van der Waals surface area (Å²) in [5.74, 6) is 0.782. The van der Waals surface area contributed by atoms with Crippen LogP contribution in [-0.4, -0.2) is 14.5 Å². The molecule has 0 atom stereocenters. The third-order valence-corrected chi connectivity index (χ3v) is 6.86. The Kier molecular flexibility index (Phi) is 3.45. The van der Waals surface area contributed by atoms with E-state index in [2.05, 4.69) is 50.9 Å². The molecule has 0 aliphatic carbocycles. The van der Waals surface area contributed by atoms with Gasteiger partial charge in [-0.25, -0.2) is 4.98 Å². The lowest BCUT2D eigenvalue weighted by Crippen LogP contribution is -1.99. The predicted molar refractivity (Wildman–Crippen MR) is 119 cm³/mol. The molecule has 6 rings (SSSR count). The topological polar surface area (TPSA) is 30.7 Å². The van der Waals surface area contributed by atoms with Crippen LogP contribution in [0.15, 0.2) is 66.7 Å². The van der Waals surface area contributed by atoms with Gasteiger partial charge in [0.25, 0.3) is 0 Å². The first-order valence-corrected chi connectivity index (χ1v) is 10.3. The molecule has 0 saturated heterocycles. The number of halogens is 2. The van der Waals surface area contributed by atoms with Gasteiger partial charge < -0.3 is 0 Å². The van der Waals surface area contributed by atoms with Crippen molar-refractivity contribution >= 4 is 76.6 Å². The zero-order chi connectivity index (χ0) is 18.8. The van der Waals surface area contributed by atoms with Crippen LogP contribution in [-0.2, 0) is 0 Å². The second kappa shape index (κ2) is 5.92. The van der Waals surface area contributed by atoms with E-state index in [0.717, 1.165) is 37.2 Å². The second-order valence-corrected chi connectivity index (χ2v) is 8.35. The first-order chi connectivity index (χ1) is 13.7. The van der Waals surface area contributed by atoms with Gasteiger partial charge in [-0.05, 0) is 29.8 Å². The highest BCUT2D eigenvalue weighted by Gasteiger charge is 2.19. The van der Waals surface area contributed by atoms with Crippen molar-refractivity contribution in [2.24, 2.45) is 0 Å². The van der Waals surface area contributed by atoms with Gasteiger partial charge in [0.1, 0.15) is 0 Å². The van der Waals surface area contributed by atoms with Crippen molar-refractivity contribution in [2.75, 3.05) is 0 Å². The molecule has 0 spiro atoms. The fourth-order valence-corrected chi connectivity index (χ4v) is 5.47. The normalized spacial score (nSPS) is 11.9. The Morgan fingerprint density at radius 2 is 1.32 bits per heavy atom. The van der Waals surface area contributed by atoms with Crippen LogP contribution in [0.5, 0.6) is 0 Å². The molecular formula is C22H11Cl2N3S. The zero-order valence-corrected chi connectivity index (χ0v) is 16.7. The highest BCUT2D eigenvalue weighted by Crippen LogP contribution is 2.41. The molecule has 134 valence electrons. The molecule has 3 heterocycles. The van der Waals surface area contributed by atoms with E-state index < -0.39 is 0 Å². The molecule has 0 aliphatic heterocycles. The summed E-state index contributed by atoms with van der Waals surface area (Å²) in [5, 5.41) is 4.30. The van der Waals surface area contributed by atoms with E-state index in [1.807, 2.05) is 30.3 Å². The van der Waals surface area contributed by atoms with Crippen LogP contribution in [0.1, 0.15) is 0 Å². The Morgan fingerprint density at radius 1 is 0.679 bits per heavy atom. The molecule has 0 fully saturated rings. The largest absolute Gasteiger partial charge is 0.292 e. The van der Waals surface area contributed by atoms with Crippen molar-refractivity contribution in [3.63, 3.8) is 0 Å². The van der Waals surface area contributed by atoms with Gasteiger partial charge in [-0.1, -0.05) is 60.1 Å². The summed E-state index contributed by atoms with van der Waals surface area (Å²) in [7, 11) is 0. The molecular weight excluding hydrogens is 409 g/mol. The van der Waals surface area contributed by atoms with Crippen molar-refractivity contribution in [3.8, 4) is 5.82 Å². The maximum atomic E-state index is 6.46. The third kappa shape index (κ3) is 2.17. The molecule has 0 unspecified atom stereocenters. The molecule has 0 aliphatic rings. The maximum Gasteiger partial charge on any atom is 0.225 e. The number of rotatable bonds is 1. The lowest BCUT2D eigenvalue weighted by atomic mass is 10.2. The van der Waals surface area contributed by atoms with Gasteiger partial charge in [-0.3, -0.25) is 4.57 Å². The molecule has 0 saturated carbocycles. The molecule has 0 amide bonds. The van der Waals surface area contributed by atoms with Crippen LogP contribution in [0.2, 0.25) is 10.3 Å². The monoisotopic (exact) mass is 419 g/mol. The number of hydrogen-bond donors (Lipinski definition) is 0. The molecule has 28 heavy (non-hydrogen) atoms. The van der Waals surface area contributed by atoms with Gasteiger partial charge in [0.2, 0.25) is 5.28 Å². The van der Waals surface area contributed by atoms with Crippen molar-refractivity contribution in [1.82, 2.24) is 14.5 Å². The molecule has 3 nitrogen and oxygen atoms in total. The second-order valence-electron chi connectivity index (χ2n) is 6.58. The van der Waals surface area contributed by atoms with Crippen LogP contribution in [0.25, 0.3) is 47.9 Å². The van der Waals surface area contributed by atoms with E-state index in [-0.39, 0.29) is 5.28 Å². The minimum absolute atomic E-state index is 0.226. The summed E-state index contributed by atoms with van der Waals surface area (Å²) in [6.07, 6.45) is 0. The van der Waals surface area contributed by atoms with E-state index in [0.29, 0.717) is 5.02 Å². The molecule has 3 aromatic carbocycles. The fraction of sp³-hybridized carbons (Fsp3) is 0. The van der Waals surface area contributed by atoms with Gasteiger partial charge in [0, 0.05) is 16.2 Å². The summed E-state index contributed by atoms with van der Waals surface area (Å²) in [6.45, 7) is 0. The minimum atomic E-state index is 0.226. The van der Waals surface area contributed by atoms with Gasteiger partial charge in [-0.15, -0.1) is 11.3 Å². The summed E-state index contributed by atoms with van der Waals surface area (Å²) in [6, 6.07) is 22.5. The Balaban J connectivity index is 1.86. The third-order valence-electron chi connectivity index (χ3n) is 5.04. The summed E-state index contributed by atoms with van der Waals surface area (Å²) >= 11 is 14.4. The summed E-state index contributed by atoms with van der Waals surface area (Å²) in [5.41, 5.74) is 3.01. The van der Waals surface area contributed by atoms with E-state index >= 15 is 0 Å². The lowest BCUT2D eigenvalue weighted by Gasteiger charge is -2.08. The number of nitrogens with zero attached hydrogens (tertiary/aromatic N) is 3. The van der Waals surface area contributed by atoms with Crippen LogP contribution >= 0.6 is 34.5 Å². The van der Waals surface area contributed by atoms with Crippen molar-refractivity contribution < 1.29 is 0 Å². The molecule has 0 radical (unpaired) electrons. The van der Waals surface area contributed by atoms with Crippen LogP contribution in [0.3, 0.4) is 0 Å². The maximum absolute atomic E-state index is 6.46. The number of thiophene rings is 1. The molecule has 3 aromatic heterocycles. The number of benzene rings is 3. The molecule has 0 bridgehead atoms. The fourth-order valence-electron chi connectivity index (χ4n) is 3.89. The smallest absolute Gasteiger partial charge is 0.225 e. The highest BCUT2D eigenvalue weighted by atomic mass is 35.5. The predicted octanol–water partition coefficient (Wildman–Crippen LogP) is 7.25. The van der Waals surface area contributed by atoms with Crippen molar-refractivity contribution in [2.45, 2.75) is 0 Å². The Labute approximate surface area is 173 Å². The average Bonchev–Trinajstić information content (AvgIpc) is 3.25. The number of aromatic nitrogens is 3. The highest BCUT2D eigenvalue weighted by molar-refractivity contribution is 7.26. The molecule has 6 aromatic rings. The Bertz CT molecular complexity index is 1490. The Morgan fingerprint density at radius 3 is 2.04 bits per heavy atom. The van der Waals surface area contributed by atoms with Crippen molar-refractivity contribution in [1.29, 1.82) is 0 Å². The summed E-state index contributed by atoms with van der Waals surface area (Å²) in [4.78, 5) is 9.18. The SMILES string of the molecule is Clc1nc(-n2c3ccccc3c3ccccc32)c2sc3c(Cl)cccc3c2n1. The number of hydrogen-bond acceptors (Lipinski definition) is 3. The van der Waals surface area contributed by atoms with Crippen LogP contribution < -0.4 is 0 Å². The average molecular weight is 420 g/mol. The van der Waals surface area contributed by atoms with Gasteiger partial charge >= 0.3 is 0 Å². The summed E-state index contributed by atoms with van der Waals surface area (Å²) < 4.78 is 4.14. The van der Waals surface area contributed by atoms with Gasteiger partial charge in [0.05, 0.1) is 31.0 Å². The first-order valence-electron chi connectivity index (χ1n) is 8.75. The van der Waals surface area contributed by atoms with E-state index in [4.69, 9.17) is 23.2 Å². The van der Waals surface area contributed by atoms with E-state index in [1.165, 1.54) is 10.8 Å². The standard InChI is InChI=1S/C22H11Cl2N3S/c23-15-9-5-8-14-18-20(28-19(14)15)21(26-22(24)25-18)27-16-10-3-1-6-12(16)13-7-2-4-11-17(13)27/h1-11H. The molecule has 0 N–H and O–H groups in total. The Hall–Kier alpha value is -2.66. The van der Waals surface area contributed by atoms with Gasteiger partial charge in [-0.2, -0.15) is 4.98 Å². The quantitative estimate of drug-likeness (QED) is 0.262. The van der Waals surface area contributed by atoms with Gasteiger partial charge in [0.15, 0.2) is 5.82 Å². The van der Waals surface area contributed by atoms with E-state index in [1.54, 1.807) is 11.3 Å². The van der Waals surface area contributed by atoms with Crippen molar-refractivity contribution in [3.05, 3.63) is 77.0 Å². The van der Waals surface area contributed by atoms with E-state index in [9.17, 15) is 0 Å². The minimum Gasteiger partial charge on any atom is -0.292 e. The number of fused-ring (bicyclic) bond motifs is 6.